The van der Waals surface area contributed by atoms with Crippen LogP contribution in [0.4, 0.5) is 5.82 Å². The first-order valence-corrected chi connectivity index (χ1v) is 11.2. The molecule has 5 rings (SSSR count). The Morgan fingerprint density at radius 3 is 2.77 bits per heavy atom. The van der Waals surface area contributed by atoms with Gasteiger partial charge in [-0.05, 0) is 37.2 Å². The van der Waals surface area contributed by atoms with Crippen molar-refractivity contribution < 1.29 is 9.53 Å². The fourth-order valence-corrected chi connectivity index (χ4v) is 4.64. The van der Waals surface area contributed by atoms with E-state index in [2.05, 4.69) is 10.4 Å². The number of amides is 1. The highest BCUT2D eigenvalue weighted by molar-refractivity contribution is 6.36. The molecule has 2 saturated heterocycles. The van der Waals surface area contributed by atoms with Crippen molar-refractivity contribution in [3.05, 3.63) is 41.6 Å². The highest BCUT2D eigenvalue weighted by Gasteiger charge is 2.31. The molecule has 2 aliphatic rings. The average Bonchev–Trinajstić information content (AvgIpc) is 3.45. The number of nitrogens with zero attached hydrogens (tertiary/aromatic N) is 4. The van der Waals surface area contributed by atoms with E-state index < -0.39 is 0 Å². The van der Waals surface area contributed by atoms with Gasteiger partial charge in [-0.2, -0.15) is 9.61 Å². The first kappa shape index (κ1) is 20.3. The van der Waals surface area contributed by atoms with Gasteiger partial charge < -0.3 is 15.0 Å². The normalized spacial score (nSPS) is 19.8. The average molecular weight is 438 g/mol. The molecule has 31 heavy (non-hydrogen) atoms. The van der Waals surface area contributed by atoms with E-state index >= 15 is 0 Å². The van der Waals surface area contributed by atoms with Crippen molar-refractivity contribution >= 4 is 42.3 Å². The highest BCUT2D eigenvalue weighted by atomic mass is 35.5. The number of carbonyl (C=O) groups excluding carboxylic acids is 1. The van der Waals surface area contributed by atoms with Crippen LogP contribution in [0, 0.1) is 0 Å². The van der Waals surface area contributed by atoms with Crippen molar-refractivity contribution in [2.45, 2.75) is 37.8 Å². The third-order valence-electron chi connectivity index (χ3n) is 6.16. The molecule has 7 nitrogen and oxygen atoms in total. The summed E-state index contributed by atoms with van der Waals surface area (Å²) in [5.41, 5.74) is 3.53. The molecule has 0 bridgehead atoms. The maximum atomic E-state index is 12.6. The summed E-state index contributed by atoms with van der Waals surface area (Å²) < 4.78 is 7.42. The molecule has 2 fully saturated rings. The number of fused-ring (bicyclic) bond motifs is 1. The molecule has 1 N–H and O–H groups in total. The largest absolute Gasteiger partial charge is 0.368 e. The Morgan fingerprint density at radius 1 is 1.23 bits per heavy atom. The van der Waals surface area contributed by atoms with Gasteiger partial charge in [0.25, 0.3) is 5.91 Å². The van der Waals surface area contributed by atoms with Crippen LogP contribution in [-0.2, 0) is 9.53 Å². The van der Waals surface area contributed by atoms with Crippen molar-refractivity contribution in [2.24, 2.45) is 0 Å². The SMILES string of the molecule is Bc1cnn2c(NC3CCN(C(=O)C4CCCO4)CC3)cc(-c3ccccc3Cl)nc12. The zero-order valence-corrected chi connectivity index (χ0v) is 18.3. The summed E-state index contributed by atoms with van der Waals surface area (Å²) in [5.74, 6) is 1.03. The second kappa shape index (κ2) is 8.51. The summed E-state index contributed by atoms with van der Waals surface area (Å²) in [6, 6.07) is 9.99. The number of piperidine rings is 1. The lowest BCUT2D eigenvalue weighted by atomic mass is 10.0. The molecule has 3 aromatic rings. The molecule has 0 aliphatic carbocycles. The lowest BCUT2D eigenvalue weighted by molar-refractivity contribution is -0.141. The number of benzene rings is 1. The van der Waals surface area contributed by atoms with Crippen molar-refractivity contribution in [3.63, 3.8) is 0 Å². The van der Waals surface area contributed by atoms with Gasteiger partial charge in [-0.1, -0.05) is 29.8 Å². The van der Waals surface area contributed by atoms with Crippen molar-refractivity contribution in [1.29, 1.82) is 0 Å². The molecule has 0 spiro atoms. The number of aromatic nitrogens is 3. The summed E-state index contributed by atoms with van der Waals surface area (Å²) in [6.45, 7) is 2.17. The third-order valence-corrected chi connectivity index (χ3v) is 6.49. The summed E-state index contributed by atoms with van der Waals surface area (Å²) in [7, 11) is 2.00. The number of hydrogen-bond acceptors (Lipinski definition) is 5. The second-order valence-corrected chi connectivity index (χ2v) is 8.72. The number of carbonyl (C=O) groups is 1. The molecule has 2 aromatic heterocycles. The van der Waals surface area contributed by atoms with Gasteiger partial charge in [-0.25, -0.2) is 4.98 Å². The number of hydrogen-bond donors (Lipinski definition) is 1. The number of anilines is 1. The predicted octanol–water partition coefficient (Wildman–Crippen LogP) is 1.89. The van der Waals surface area contributed by atoms with E-state index in [-0.39, 0.29) is 18.1 Å². The minimum Gasteiger partial charge on any atom is -0.368 e. The Labute approximate surface area is 187 Å². The van der Waals surface area contributed by atoms with E-state index in [1.807, 2.05) is 53.8 Å². The van der Waals surface area contributed by atoms with Crippen LogP contribution >= 0.6 is 11.6 Å². The molecular weight excluding hydrogens is 413 g/mol. The second-order valence-electron chi connectivity index (χ2n) is 8.32. The molecule has 0 radical (unpaired) electrons. The van der Waals surface area contributed by atoms with Crippen LogP contribution < -0.4 is 10.8 Å². The Bertz CT molecular complexity index is 1110. The predicted molar refractivity (Wildman–Crippen MR) is 124 cm³/mol. The molecule has 9 heteroatoms. The molecule has 1 unspecified atom stereocenters. The zero-order chi connectivity index (χ0) is 21.4. The number of likely N-dealkylation sites (tertiary alicyclic amines) is 1. The van der Waals surface area contributed by atoms with E-state index in [9.17, 15) is 4.79 Å². The fourth-order valence-electron chi connectivity index (χ4n) is 4.41. The fraction of sp³-hybridized carbons (Fsp3) is 0.409. The first-order chi connectivity index (χ1) is 15.1. The Kier molecular flexibility index (Phi) is 5.59. The van der Waals surface area contributed by atoms with E-state index in [4.69, 9.17) is 21.3 Å². The molecule has 0 saturated carbocycles. The number of rotatable bonds is 4. The van der Waals surface area contributed by atoms with Gasteiger partial charge in [0.05, 0.1) is 5.69 Å². The summed E-state index contributed by atoms with van der Waals surface area (Å²) in [6.07, 6.45) is 5.16. The van der Waals surface area contributed by atoms with Gasteiger partial charge in [0.1, 0.15) is 19.8 Å². The van der Waals surface area contributed by atoms with Gasteiger partial charge in [-0.15, -0.1) is 0 Å². The number of nitrogens with one attached hydrogen (secondary N) is 1. The monoisotopic (exact) mass is 437 g/mol. The molecule has 1 aromatic carbocycles. The van der Waals surface area contributed by atoms with Crippen molar-refractivity contribution in [1.82, 2.24) is 19.5 Å². The van der Waals surface area contributed by atoms with Gasteiger partial charge in [0, 0.05) is 48.6 Å². The quantitative estimate of drug-likeness (QED) is 0.631. The van der Waals surface area contributed by atoms with Crippen LogP contribution in [0.15, 0.2) is 36.5 Å². The van der Waals surface area contributed by atoms with Crippen LogP contribution in [-0.4, -0.2) is 65.1 Å². The smallest absolute Gasteiger partial charge is 0.251 e. The van der Waals surface area contributed by atoms with Gasteiger partial charge in [0.15, 0.2) is 5.65 Å². The van der Waals surface area contributed by atoms with Gasteiger partial charge in [0.2, 0.25) is 0 Å². The van der Waals surface area contributed by atoms with E-state index in [1.54, 1.807) is 0 Å². The van der Waals surface area contributed by atoms with Gasteiger partial charge >= 0.3 is 0 Å². The maximum Gasteiger partial charge on any atom is 0.251 e. The summed E-state index contributed by atoms with van der Waals surface area (Å²) >= 11 is 6.44. The summed E-state index contributed by atoms with van der Waals surface area (Å²) in [5, 5.41) is 8.83. The highest BCUT2D eigenvalue weighted by Crippen LogP contribution is 2.29. The minimum atomic E-state index is -0.241. The van der Waals surface area contributed by atoms with Crippen molar-refractivity contribution in [3.8, 4) is 11.3 Å². The van der Waals surface area contributed by atoms with E-state index in [0.717, 1.165) is 67.0 Å². The van der Waals surface area contributed by atoms with E-state index in [1.165, 1.54) is 0 Å². The van der Waals surface area contributed by atoms with Crippen LogP contribution in [0.5, 0.6) is 0 Å². The molecule has 1 amide bonds. The zero-order valence-electron chi connectivity index (χ0n) is 17.6. The number of halogens is 1. The van der Waals surface area contributed by atoms with Gasteiger partial charge in [-0.3, -0.25) is 4.79 Å². The summed E-state index contributed by atoms with van der Waals surface area (Å²) in [4.78, 5) is 19.4. The van der Waals surface area contributed by atoms with Crippen LogP contribution in [0.1, 0.15) is 25.7 Å². The van der Waals surface area contributed by atoms with Crippen LogP contribution in [0.25, 0.3) is 16.9 Å². The molecule has 2 aliphatic heterocycles. The molecular formula is C22H25BClN5O2. The molecule has 4 heterocycles. The molecule has 1 atom stereocenters. The minimum absolute atomic E-state index is 0.144. The van der Waals surface area contributed by atoms with Crippen LogP contribution in [0.3, 0.4) is 0 Å². The van der Waals surface area contributed by atoms with Crippen molar-refractivity contribution in [2.75, 3.05) is 25.0 Å². The maximum absolute atomic E-state index is 12.6. The topological polar surface area (TPSA) is 71.8 Å². The standard InChI is InChI=1S/C22H25BClN5O2/c23-16-13-25-29-20(12-18(27-21(16)29)15-4-1-2-5-17(15)24)26-14-7-9-28(10-8-14)22(30)19-6-3-11-31-19/h1-2,4-5,12-14,19,26H,3,6-11,23H2. The Balaban J connectivity index is 1.36. The first-order valence-electron chi connectivity index (χ1n) is 10.9. The lowest BCUT2D eigenvalue weighted by Crippen LogP contribution is -2.46. The number of ether oxygens (including phenoxy) is 1. The van der Waals surface area contributed by atoms with Crippen LogP contribution in [0.2, 0.25) is 5.02 Å². The Morgan fingerprint density at radius 2 is 2.03 bits per heavy atom. The van der Waals surface area contributed by atoms with E-state index in [0.29, 0.717) is 11.6 Å². The molecule has 160 valence electrons. The Hall–Kier alpha value is -2.58. The lowest BCUT2D eigenvalue weighted by Gasteiger charge is -2.34. The third kappa shape index (κ3) is 4.02.